The SMILES string of the molecule is CCc1cnc(N2CC(C)C(COc3ccc(-c4ccc(S(C)=O)c(F)c4)cc3)C2)nc1. The molecule has 0 amide bonds. The predicted octanol–water partition coefficient (Wildman–Crippen LogP) is 4.73. The molecule has 3 atom stereocenters. The number of nitrogens with zero attached hydrogens (tertiary/aromatic N) is 3. The van der Waals surface area contributed by atoms with Crippen molar-refractivity contribution >= 4 is 16.7 Å². The highest BCUT2D eigenvalue weighted by atomic mass is 32.2. The lowest BCUT2D eigenvalue weighted by atomic mass is 9.99. The maximum Gasteiger partial charge on any atom is 0.225 e. The van der Waals surface area contributed by atoms with Gasteiger partial charge in [-0.25, -0.2) is 14.4 Å². The van der Waals surface area contributed by atoms with Gasteiger partial charge in [0.25, 0.3) is 0 Å². The minimum atomic E-state index is -1.34. The largest absolute Gasteiger partial charge is 0.493 e. The van der Waals surface area contributed by atoms with E-state index in [0.29, 0.717) is 18.4 Å². The predicted molar refractivity (Wildman–Crippen MR) is 126 cm³/mol. The van der Waals surface area contributed by atoms with E-state index in [1.54, 1.807) is 12.1 Å². The molecule has 32 heavy (non-hydrogen) atoms. The van der Waals surface area contributed by atoms with Gasteiger partial charge in [-0.3, -0.25) is 4.21 Å². The van der Waals surface area contributed by atoms with E-state index >= 15 is 0 Å². The van der Waals surface area contributed by atoms with Gasteiger partial charge in [0.15, 0.2) is 0 Å². The first kappa shape index (κ1) is 22.4. The molecular formula is C25H28FN3O2S. The van der Waals surface area contributed by atoms with Crippen LogP contribution in [0, 0.1) is 17.7 Å². The first-order valence-electron chi connectivity index (χ1n) is 10.9. The van der Waals surface area contributed by atoms with Gasteiger partial charge in [0.1, 0.15) is 11.6 Å². The van der Waals surface area contributed by atoms with Gasteiger partial charge >= 0.3 is 0 Å². The van der Waals surface area contributed by atoms with Crippen LogP contribution in [0.15, 0.2) is 59.8 Å². The van der Waals surface area contributed by atoms with Crippen molar-refractivity contribution in [1.82, 2.24) is 9.97 Å². The van der Waals surface area contributed by atoms with Crippen LogP contribution in [0.1, 0.15) is 19.4 Å². The summed E-state index contributed by atoms with van der Waals surface area (Å²) in [4.78, 5) is 11.5. The highest BCUT2D eigenvalue weighted by Gasteiger charge is 2.31. The van der Waals surface area contributed by atoms with E-state index in [2.05, 4.69) is 28.7 Å². The van der Waals surface area contributed by atoms with Gasteiger partial charge < -0.3 is 9.64 Å². The molecule has 1 aromatic heterocycles. The summed E-state index contributed by atoms with van der Waals surface area (Å²) in [5.41, 5.74) is 2.78. The summed E-state index contributed by atoms with van der Waals surface area (Å²) < 4.78 is 31.8. The fourth-order valence-electron chi connectivity index (χ4n) is 3.97. The second kappa shape index (κ2) is 9.77. The zero-order valence-corrected chi connectivity index (χ0v) is 19.4. The number of hydrogen-bond acceptors (Lipinski definition) is 5. The van der Waals surface area contributed by atoms with Crippen LogP contribution in [-0.2, 0) is 17.2 Å². The van der Waals surface area contributed by atoms with Crippen molar-refractivity contribution in [3.05, 3.63) is 66.2 Å². The molecule has 5 nitrogen and oxygen atoms in total. The number of benzene rings is 2. The Morgan fingerprint density at radius 1 is 1.09 bits per heavy atom. The molecule has 1 aliphatic rings. The van der Waals surface area contributed by atoms with Crippen molar-refractivity contribution in [2.75, 3.05) is 30.9 Å². The van der Waals surface area contributed by atoms with Crippen molar-refractivity contribution in [1.29, 1.82) is 0 Å². The maximum atomic E-state index is 14.2. The fraction of sp³-hybridized carbons (Fsp3) is 0.360. The summed E-state index contributed by atoms with van der Waals surface area (Å²) in [5, 5.41) is 0. The third-order valence-electron chi connectivity index (χ3n) is 6.04. The molecule has 2 aromatic carbocycles. The van der Waals surface area contributed by atoms with Crippen LogP contribution in [0.25, 0.3) is 11.1 Å². The van der Waals surface area contributed by atoms with Crippen LogP contribution >= 0.6 is 0 Å². The summed E-state index contributed by atoms with van der Waals surface area (Å²) >= 11 is 0. The zero-order valence-electron chi connectivity index (χ0n) is 18.6. The Bertz CT molecular complexity index is 1090. The monoisotopic (exact) mass is 453 g/mol. The van der Waals surface area contributed by atoms with Crippen LogP contribution in [0.4, 0.5) is 10.3 Å². The first-order valence-corrected chi connectivity index (χ1v) is 12.4. The summed E-state index contributed by atoms with van der Waals surface area (Å²) in [6, 6.07) is 12.4. The van der Waals surface area contributed by atoms with E-state index in [9.17, 15) is 8.60 Å². The van der Waals surface area contributed by atoms with Gasteiger partial charge in [-0.15, -0.1) is 0 Å². The summed E-state index contributed by atoms with van der Waals surface area (Å²) in [7, 11) is -1.34. The molecule has 0 aliphatic carbocycles. The molecule has 0 saturated carbocycles. The molecule has 1 fully saturated rings. The molecule has 0 bridgehead atoms. The number of aryl methyl sites for hydroxylation is 1. The topological polar surface area (TPSA) is 55.3 Å². The van der Waals surface area contributed by atoms with Crippen molar-refractivity contribution in [3.8, 4) is 16.9 Å². The quantitative estimate of drug-likeness (QED) is 0.518. The van der Waals surface area contributed by atoms with Crippen molar-refractivity contribution in [2.45, 2.75) is 25.2 Å². The highest BCUT2D eigenvalue weighted by Crippen LogP contribution is 2.28. The molecule has 3 aromatic rings. The Labute approximate surface area is 191 Å². The zero-order chi connectivity index (χ0) is 22.7. The summed E-state index contributed by atoms with van der Waals surface area (Å²) in [6.45, 7) is 6.74. The number of ether oxygens (including phenoxy) is 1. The van der Waals surface area contributed by atoms with E-state index in [0.717, 1.165) is 47.9 Å². The maximum absolute atomic E-state index is 14.2. The van der Waals surface area contributed by atoms with Gasteiger partial charge in [0, 0.05) is 37.7 Å². The molecule has 0 N–H and O–H groups in total. The van der Waals surface area contributed by atoms with E-state index in [-0.39, 0.29) is 4.90 Å². The Balaban J connectivity index is 1.36. The molecule has 2 heterocycles. The summed E-state index contributed by atoms with van der Waals surface area (Å²) in [5.74, 6) is 1.99. The third-order valence-corrected chi connectivity index (χ3v) is 6.99. The third kappa shape index (κ3) is 4.99. The van der Waals surface area contributed by atoms with Gasteiger partial charge in [-0.2, -0.15) is 0 Å². The number of rotatable bonds is 7. The van der Waals surface area contributed by atoms with E-state index in [4.69, 9.17) is 4.74 Å². The van der Waals surface area contributed by atoms with E-state index < -0.39 is 16.6 Å². The molecule has 1 aliphatic heterocycles. The number of hydrogen-bond donors (Lipinski definition) is 0. The van der Waals surface area contributed by atoms with E-state index in [1.165, 1.54) is 12.3 Å². The Morgan fingerprint density at radius 2 is 1.78 bits per heavy atom. The molecule has 0 radical (unpaired) electrons. The second-order valence-electron chi connectivity index (χ2n) is 8.32. The minimum Gasteiger partial charge on any atom is -0.493 e. The minimum absolute atomic E-state index is 0.222. The Morgan fingerprint density at radius 3 is 2.41 bits per heavy atom. The van der Waals surface area contributed by atoms with Crippen LogP contribution < -0.4 is 9.64 Å². The highest BCUT2D eigenvalue weighted by molar-refractivity contribution is 7.84. The fourth-order valence-corrected chi connectivity index (χ4v) is 4.56. The van der Waals surface area contributed by atoms with Crippen LogP contribution in [0.2, 0.25) is 0 Å². The van der Waals surface area contributed by atoms with Crippen LogP contribution in [0.5, 0.6) is 5.75 Å². The molecule has 3 unspecified atom stereocenters. The molecule has 168 valence electrons. The van der Waals surface area contributed by atoms with Gasteiger partial charge in [0.05, 0.1) is 22.3 Å². The van der Waals surface area contributed by atoms with Crippen molar-refractivity contribution in [3.63, 3.8) is 0 Å². The molecular weight excluding hydrogens is 425 g/mol. The smallest absolute Gasteiger partial charge is 0.225 e. The molecule has 0 spiro atoms. The Hall–Kier alpha value is -2.80. The lowest BCUT2D eigenvalue weighted by molar-refractivity contribution is 0.233. The second-order valence-corrected chi connectivity index (χ2v) is 9.67. The van der Waals surface area contributed by atoms with Gasteiger partial charge in [-0.1, -0.05) is 32.0 Å². The van der Waals surface area contributed by atoms with Crippen molar-refractivity contribution < 1.29 is 13.3 Å². The average Bonchev–Trinajstić information content (AvgIpc) is 3.18. The van der Waals surface area contributed by atoms with Crippen LogP contribution in [0.3, 0.4) is 0 Å². The van der Waals surface area contributed by atoms with E-state index in [1.807, 2.05) is 36.7 Å². The first-order chi connectivity index (χ1) is 15.4. The number of halogens is 1. The molecule has 4 rings (SSSR count). The normalized spacial score (nSPS) is 19.2. The number of anilines is 1. The van der Waals surface area contributed by atoms with Gasteiger partial charge in [0.2, 0.25) is 5.95 Å². The summed E-state index contributed by atoms with van der Waals surface area (Å²) in [6.07, 6.45) is 6.22. The molecule has 1 saturated heterocycles. The van der Waals surface area contributed by atoms with Crippen molar-refractivity contribution in [2.24, 2.45) is 11.8 Å². The molecule has 7 heteroatoms. The van der Waals surface area contributed by atoms with Crippen LogP contribution in [-0.4, -0.2) is 40.1 Å². The lowest BCUT2D eigenvalue weighted by Gasteiger charge is -2.17. The van der Waals surface area contributed by atoms with Gasteiger partial charge in [-0.05, 0) is 53.3 Å². The number of aromatic nitrogens is 2. The lowest BCUT2D eigenvalue weighted by Crippen LogP contribution is -2.23. The standard InChI is InChI=1S/C25H28FN3O2S/c1-4-18-12-27-25(28-13-18)29-14-17(2)21(15-29)16-31-22-8-5-19(6-9-22)20-7-10-24(32(3)30)23(26)11-20/h5-13,17,21H,4,14-16H2,1-3H3. The average molecular weight is 454 g/mol. The Kier molecular flexibility index (Phi) is 6.84.